The molecule has 0 N–H and O–H groups in total. The largest absolute Gasteiger partial charge is 0.0916 e. The first-order chi connectivity index (χ1) is 10.2. The monoisotopic (exact) mass is 288 g/mol. The van der Waals surface area contributed by atoms with Gasteiger partial charge in [-0.05, 0) is 16.7 Å². The summed E-state index contributed by atoms with van der Waals surface area (Å²) in [6, 6.07) is 8.87. The minimum atomic E-state index is -1.55. The fourth-order valence-electron chi connectivity index (χ4n) is 3.75. The number of fused-ring (bicyclic) bond motifs is 2. The summed E-state index contributed by atoms with van der Waals surface area (Å²) in [4.78, 5) is 0. The zero-order chi connectivity index (χ0) is 14.4. The minimum absolute atomic E-state index is 0.511. The molecule has 21 heavy (non-hydrogen) atoms. The van der Waals surface area contributed by atoms with E-state index in [1.54, 1.807) is 5.20 Å². The SMILES string of the molecule is C[Si](C)(C1=CC2C=CC=CC2=C1)C1C=Cc2ccccc21. The summed E-state index contributed by atoms with van der Waals surface area (Å²) in [7, 11) is -1.55. The Balaban J connectivity index is 1.73. The molecule has 3 aliphatic rings. The van der Waals surface area contributed by atoms with Crippen molar-refractivity contribution in [3.63, 3.8) is 0 Å². The molecule has 1 aromatic carbocycles. The van der Waals surface area contributed by atoms with Gasteiger partial charge in [-0.1, -0.05) is 91.2 Å². The van der Waals surface area contributed by atoms with Crippen molar-refractivity contribution in [2.24, 2.45) is 5.92 Å². The Morgan fingerprint density at radius 3 is 2.67 bits per heavy atom. The lowest BCUT2D eigenvalue weighted by atomic mass is 9.99. The lowest BCUT2D eigenvalue weighted by molar-refractivity contribution is 1.02. The Kier molecular flexibility index (Phi) is 2.80. The van der Waals surface area contributed by atoms with Gasteiger partial charge in [-0.3, -0.25) is 0 Å². The molecule has 0 aromatic heterocycles. The van der Waals surface area contributed by atoms with E-state index in [0.29, 0.717) is 11.5 Å². The molecule has 0 nitrogen and oxygen atoms in total. The van der Waals surface area contributed by atoms with Gasteiger partial charge in [0.2, 0.25) is 0 Å². The van der Waals surface area contributed by atoms with Crippen LogP contribution in [0.3, 0.4) is 0 Å². The predicted octanol–water partition coefficient (Wildman–Crippen LogP) is 5.19. The minimum Gasteiger partial charge on any atom is -0.0787 e. The second-order valence-corrected chi connectivity index (χ2v) is 11.4. The van der Waals surface area contributed by atoms with E-state index in [1.165, 1.54) is 16.7 Å². The van der Waals surface area contributed by atoms with Gasteiger partial charge >= 0.3 is 0 Å². The first-order valence-electron chi connectivity index (χ1n) is 7.72. The zero-order valence-corrected chi connectivity index (χ0v) is 13.6. The van der Waals surface area contributed by atoms with Crippen LogP contribution in [0.5, 0.6) is 0 Å². The smallest absolute Gasteiger partial charge is 0.0787 e. The van der Waals surface area contributed by atoms with E-state index < -0.39 is 8.07 Å². The van der Waals surface area contributed by atoms with Gasteiger partial charge in [0, 0.05) is 11.5 Å². The number of hydrogen-bond acceptors (Lipinski definition) is 0. The van der Waals surface area contributed by atoms with Gasteiger partial charge in [-0.2, -0.15) is 0 Å². The van der Waals surface area contributed by atoms with Crippen LogP contribution in [-0.2, 0) is 0 Å². The van der Waals surface area contributed by atoms with Gasteiger partial charge in [0.15, 0.2) is 0 Å². The molecule has 0 bridgehead atoms. The topological polar surface area (TPSA) is 0 Å². The molecule has 1 aromatic rings. The Morgan fingerprint density at radius 2 is 1.81 bits per heavy atom. The molecule has 0 saturated carbocycles. The Morgan fingerprint density at radius 1 is 0.952 bits per heavy atom. The van der Waals surface area contributed by atoms with Gasteiger partial charge in [-0.15, -0.1) is 0 Å². The third-order valence-electron chi connectivity index (χ3n) is 5.11. The van der Waals surface area contributed by atoms with Crippen LogP contribution in [-0.4, -0.2) is 8.07 Å². The van der Waals surface area contributed by atoms with Crippen LogP contribution < -0.4 is 0 Å². The standard InChI is InChI=1S/C20H20Si/c1-21(2,18-13-16-8-3-4-9-17(16)14-18)20-12-11-15-7-5-6-10-19(15)20/h3-14,16,20H,1-2H3. The fraction of sp³-hybridized carbons (Fsp3) is 0.200. The van der Waals surface area contributed by atoms with E-state index >= 15 is 0 Å². The van der Waals surface area contributed by atoms with Crippen LogP contribution in [0.25, 0.3) is 6.08 Å². The molecular formula is C20H20Si. The van der Waals surface area contributed by atoms with Gasteiger partial charge in [0.05, 0.1) is 8.07 Å². The second kappa shape index (κ2) is 4.57. The molecule has 0 spiro atoms. The molecule has 2 unspecified atom stereocenters. The first-order valence-corrected chi connectivity index (χ1v) is 10.8. The summed E-state index contributed by atoms with van der Waals surface area (Å²) in [6.45, 7) is 5.02. The van der Waals surface area contributed by atoms with Crippen LogP contribution in [0.4, 0.5) is 0 Å². The van der Waals surface area contributed by atoms with Crippen molar-refractivity contribution in [1.29, 1.82) is 0 Å². The summed E-state index contributed by atoms with van der Waals surface area (Å²) < 4.78 is 0. The maximum absolute atomic E-state index is 2.51. The first kappa shape index (κ1) is 12.8. The summed E-state index contributed by atoms with van der Waals surface area (Å²) in [6.07, 6.45) is 18.6. The van der Waals surface area contributed by atoms with Crippen molar-refractivity contribution in [1.82, 2.24) is 0 Å². The quantitative estimate of drug-likeness (QED) is 0.657. The molecule has 0 saturated heterocycles. The Labute approximate surface area is 127 Å². The number of allylic oxidation sites excluding steroid dienone is 9. The number of hydrogen-bond donors (Lipinski definition) is 0. The van der Waals surface area contributed by atoms with E-state index in [-0.39, 0.29) is 0 Å². The van der Waals surface area contributed by atoms with Crippen LogP contribution in [0.1, 0.15) is 16.7 Å². The maximum atomic E-state index is 2.51. The summed E-state index contributed by atoms with van der Waals surface area (Å²) in [5.74, 6) is 0.511. The third-order valence-corrected chi connectivity index (χ3v) is 8.96. The van der Waals surface area contributed by atoms with Gasteiger partial charge in [0.25, 0.3) is 0 Å². The zero-order valence-electron chi connectivity index (χ0n) is 12.6. The Hall–Kier alpha value is -1.86. The molecule has 104 valence electrons. The molecule has 0 heterocycles. The molecule has 0 aliphatic heterocycles. The van der Waals surface area contributed by atoms with Crippen LogP contribution in [0.15, 0.2) is 77.6 Å². The molecule has 3 aliphatic carbocycles. The average molecular weight is 288 g/mol. The summed E-state index contributed by atoms with van der Waals surface area (Å²) >= 11 is 0. The Bertz CT molecular complexity index is 741. The van der Waals surface area contributed by atoms with E-state index in [0.717, 1.165) is 0 Å². The highest BCUT2D eigenvalue weighted by Gasteiger charge is 2.38. The van der Waals surface area contributed by atoms with Crippen molar-refractivity contribution in [2.75, 3.05) is 0 Å². The molecule has 0 amide bonds. The van der Waals surface area contributed by atoms with Gasteiger partial charge in [-0.25, -0.2) is 0 Å². The number of benzene rings is 1. The van der Waals surface area contributed by atoms with Crippen molar-refractivity contribution >= 4 is 14.1 Å². The molecule has 1 heteroatoms. The molecule has 0 fully saturated rings. The average Bonchev–Trinajstić information content (AvgIpc) is 3.11. The summed E-state index contributed by atoms with van der Waals surface area (Å²) in [5.41, 5.74) is 4.99. The fourth-order valence-corrected chi connectivity index (χ4v) is 6.87. The van der Waals surface area contributed by atoms with E-state index in [1.807, 2.05) is 0 Å². The normalized spacial score (nSPS) is 25.6. The highest BCUT2D eigenvalue weighted by Crippen LogP contribution is 2.43. The predicted molar refractivity (Wildman–Crippen MR) is 93.6 cm³/mol. The lowest BCUT2D eigenvalue weighted by Gasteiger charge is -2.30. The third kappa shape index (κ3) is 1.96. The van der Waals surface area contributed by atoms with E-state index in [4.69, 9.17) is 0 Å². The summed E-state index contributed by atoms with van der Waals surface area (Å²) in [5, 5.41) is 1.60. The van der Waals surface area contributed by atoms with Crippen molar-refractivity contribution < 1.29 is 0 Å². The van der Waals surface area contributed by atoms with Crippen LogP contribution in [0.2, 0.25) is 13.1 Å². The van der Waals surface area contributed by atoms with Crippen molar-refractivity contribution in [3.05, 3.63) is 88.7 Å². The van der Waals surface area contributed by atoms with Crippen LogP contribution >= 0.6 is 0 Å². The highest BCUT2D eigenvalue weighted by atomic mass is 28.3. The van der Waals surface area contributed by atoms with Crippen LogP contribution in [0, 0.1) is 5.92 Å². The maximum Gasteiger partial charge on any atom is 0.0916 e. The molecule has 0 radical (unpaired) electrons. The van der Waals surface area contributed by atoms with E-state index in [9.17, 15) is 0 Å². The molecule has 4 rings (SSSR count). The van der Waals surface area contributed by atoms with Gasteiger partial charge < -0.3 is 0 Å². The van der Waals surface area contributed by atoms with Crippen molar-refractivity contribution in [2.45, 2.75) is 18.6 Å². The number of rotatable bonds is 2. The second-order valence-electron chi connectivity index (χ2n) is 6.72. The van der Waals surface area contributed by atoms with E-state index in [2.05, 4.69) is 86.0 Å². The van der Waals surface area contributed by atoms with Gasteiger partial charge in [0.1, 0.15) is 0 Å². The lowest BCUT2D eigenvalue weighted by Crippen LogP contribution is -2.35. The van der Waals surface area contributed by atoms with Crippen molar-refractivity contribution in [3.8, 4) is 0 Å². The molecular weight excluding hydrogens is 268 g/mol. The highest BCUT2D eigenvalue weighted by molar-refractivity contribution is 6.86. The molecule has 2 atom stereocenters.